The van der Waals surface area contributed by atoms with E-state index in [1.165, 1.54) is 12.8 Å². The molecule has 0 saturated heterocycles. The highest BCUT2D eigenvalue weighted by molar-refractivity contribution is 5.45. The number of nitrogen functional groups attached to an aromatic ring is 1. The summed E-state index contributed by atoms with van der Waals surface area (Å²) in [6, 6.07) is 1.78. The van der Waals surface area contributed by atoms with Crippen LogP contribution in [-0.2, 0) is 11.3 Å². The molecule has 0 radical (unpaired) electrons. The summed E-state index contributed by atoms with van der Waals surface area (Å²) in [6.07, 6.45) is 2.59. The van der Waals surface area contributed by atoms with E-state index in [1.54, 1.807) is 6.07 Å². The lowest BCUT2D eigenvalue weighted by Crippen LogP contribution is -2.21. The van der Waals surface area contributed by atoms with Crippen molar-refractivity contribution in [2.45, 2.75) is 40.2 Å². The molecular weight excluding hydrogens is 240 g/mol. The first-order valence-electron chi connectivity index (χ1n) is 7.01. The number of hydrogen-bond donors (Lipinski definition) is 2. The van der Waals surface area contributed by atoms with Crippen molar-refractivity contribution in [3.05, 3.63) is 11.9 Å². The number of rotatable bonds is 7. The van der Waals surface area contributed by atoms with Gasteiger partial charge in [0, 0.05) is 19.2 Å². The van der Waals surface area contributed by atoms with Crippen LogP contribution < -0.4 is 11.1 Å². The minimum Gasteiger partial charge on any atom is -0.384 e. The smallest absolute Gasteiger partial charge is 0.158 e. The highest BCUT2D eigenvalue weighted by atomic mass is 16.5. The highest BCUT2D eigenvalue weighted by Gasteiger charge is 2.44. The zero-order valence-corrected chi connectivity index (χ0v) is 12.1. The van der Waals surface area contributed by atoms with Crippen LogP contribution in [0.3, 0.4) is 0 Å². The van der Waals surface area contributed by atoms with Gasteiger partial charge >= 0.3 is 0 Å². The van der Waals surface area contributed by atoms with Crippen LogP contribution in [0.1, 0.15) is 39.4 Å². The Kier molecular flexibility index (Phi) is 4.24. The van der Waals surface area contributed by atoms with Crippen molar-refractivity contribution in [2.75, 3.05) is 24.2 Å². The Morgan fingerprint density at radius 2 is 2.16 bits per heavy atom. The van der Waals surface area contributed by atoms with E-state index < -0.39 is 0 Å². The number of ether oxygens (including phenoxy) is 1. The van der Waals surface area contributed by atoms with Gasteiger partial charge in [-0.3, -0.25) is 0 Å². The van der Waals surface area contributed by atoms with Crippen molar-refractivity contribution >= 4 is 11.6 Å². The molecule has 5 nitrogen and oxygen atoms in total. The van der Waals surface area contributed by atoms with Crippen molar-refractivity contribution in [2.24, 2.45) is 11.3 Å². The number of hydrogen-bond acceptors (Lipinski definition) is 5. The van der Waals surface area contributed by atoms with E-state index in [9.17, 15) is 0 Å². The SMILES string of the molecule is CCOCc1nc(N)cc(NCC2(C(C)C)CC2)n1. The Morgan fingerprint density at radius 3 is 2.74 bits per heavy atom. The van der Waals surface area contributed by atoms with Crippen LogP contribution in [-0.4, -0.2) is 23.1 Å². The number of nitrogens with two attached hydrogens (primary N) is 1. The van der Waals surface area contributed by atoms with Crippen molar-refractivity contribution in [3.63, 3.8) is 0 Å². The standard InChI is InChI=1S/C14H24N4O/c1-4-19-8-13-17-11(15)7-12(18-13)16-9-14(5-6-14)10(2)3/h7,10H,4-6,8-9H2,1-3H3,(H3,15,16,17,18). The fraction of sp³-hybridized carbons (Fsp3) is 0.714. The predicted molar refractivity (Wildman–Crippen MR) is 76.8 cm³/mol. The summed E-state index contributed by atoms with van der Waals surface area (Å²) >= 11 is 0. The van der Waals surface area contributed by atoms with Crippen molar-refractivity contribution in [1.29, 1.82) is 0 Å². The largest absolute Gasteiger partial charge is 0.384 e. The maximum absolute atomic E-state index is 5.80. The number of nitrogens with zero attached hydrogens (tertiary/aromatic N) is 2. The normalized spacial score (nSPS) is 16.6. The molecule has 2 rings (SSSR count). The molecule has 5 heteroatoms. The minimum absolute atomic E-state index is 0.408. The van der Waals surface area contributed by atoms with Gasteiger partial charge in [-0.2, -0.15) is 0 Å². The molecule has 1 aliphatic carbocycles. The maximum Gasteiger partial charge on any atom is 0.158 e. The van der Waals surface area contributed by atoms with Crippen LogP contribution in [0.2, 0.25) is 0 Å². The second-order valence-electron chi connectivity index (χ2n) is 5.60. The second-order valence-corrected chi connectivity index (χ2v) is 5.60. The molecule has 0 atom stereocenters. The first-order valence-corrected chi connectivity index (χ1v) is 7.01. The van der Waals surface area contributed by atoms with Crippen LogP contribution >= 0.6 is 0 Å². The molecule has 1 fully saturated rings. The molecule has 1 aromatic heterocycles. The summed E-state index contributed by atoms with van der Waals surface area (Å²) in [5.41, 5.74) is 6.24. The zero-order valence-electron chi connectivity index (χ0n) is 12.1. The molecule has 0 aliphatic heterocycles. The first-order chi connectivity index (χ1) is 9.05. The van der Waals surface area contributed by atoms with E-state index in [2.05, 4.69) is 29.1 Å². The molecule has 0 amide bonds. The van der Waals surface area contributed by atoms with Gasteiger partial charge < -0.3 is 15.8 Å². The van der Waals surface area contributed by atoms with E-state index in [-0.39, 0.29) is 0 Å². The van der Waals surface area contributed by atoms with Gasteiger partial charge in [-0.15, -0.1) is 0 Å². The average molecular weight is 264 g/mol. The van der Waals surface area contributed by atoms with E-state index in [4.69, 9.17) is 10.5 Å². The van der Waals surface area contributed by atoms with Crippen molar-refractivity contribution in [3.8, 4) is 0 Å². The average Bonchev–Trinajstić information content (AvgIpc) is 3.14. The van der Waals surface area contributed by atoms with E-state index in [0.29, 0.717) is 36.2 Å². The van der Waals surface area contributed by atoms with E-state index in [0.717, 1.165) is 12.4 Å². The Balaban J connectivity index is 1.98. The van der Waals surface area contributed by atoms with Gasteiger partial charge in [0.1, 0.15) is 18.2 Å². The Hall–Kier alpha value is -1.36. The summed E-state index contributed by atoms with van der Waals surface area (Å²) in [7, 11) is 0. The zero-order chi connectivity index (χ0) is 13.9. The van der Waals surface area contributed by atoms with E-state index in [1.807, 2.05) is 6.92 Å². The number of nitrogens with one attached hydrogen (secondary N) is 1. The lowest BCUT2D eigenvalue weighted by Gasteiger charge is -2.20. The molecule has 0 bridgehead atoms. The van der Waals surface area contributed by atoms with Crippen LogP contribution in [0.25, 0.3) is 0 Å². The monoisotopic (exact) mass is 264 g/mol. The van der Waals surface area contributed by atoms with Gasteiger partial charge in [0.05, 0.1) is 0 Å². The molecule has 0 aromatic carbocycles. The number of anilines is 2. The van der Waals surface area contributed by atoms with Crippen LogP contribution in [0.4, 0.5) is 11.6 Å². The lowest BCUT2D eigenvalue weighted by molar-refractivity contribution is 0.128. The van der Waals surface area contributed by atoms with Gasteiger partial charge in [-0.05, 0) is 31.1 Å². The summed E-state index contributed by atoms with van der Waals surface area (Å²) in [5, 5.41) is 3.40. The third kappa shape index (κ3) is 3.56. The summed E-state index contributed by atoms with van der Waals surface area (Å²) in [6.45, 7) is 8.52. The summed E-state index contributed by atoms with van der Waals surface area (Å²) < 4.78 is 5.32. The molecule has 3 N–H and O–H groups in total. The summed E-state index contributed by atoms with van der Waals surface area (Å²) in [5.74, 6) is 2.62. The Labute approximate surface area is 115 Å². The van der Waals surface area contributed by atoms with Gasteiger partial charge in [0.2, 0.25) is 0 Å². The Morgan fingerprint density at radius 1 is 1.42 bits per heavy atom. The molecule has 106 valence electrons. The molecule has 1 aromatic rings. The van der Waals surface area contributed by atoms with Crippen LogP contribution in [0.15, 0.2) is 6.07 Å². The molecule has 19 heavy (non-hydrogen) atoms. The van der Waals surface area contributed by atoms with Gasteiger partial charge in [0.25, 0.3) is 0 Å². The van der Waals surface area contributed by atoms with E-state index >= 15 is 0 Å². The molecule has 0 unspecified atom stereocenters. The fourth-order valence-corrected chi connectivity index (χ4v) is 2.25. The topological polar surface area (TPSA) is 73.1 Å². The van der Waals surface area contributed by atoms with Crippen LogP contribution in [0, 0.1) is 11.3 Å². The lowest BCUT2D eigenvalue weighted by atomic mass is 9.92. The third-order valence-electron chi connectivity index (χ3n) is 3.97. The predicted octanol–water partition coefficient (Wildman–Crippen LogP) is 2.44. The molecular formula is C14H24N4O. The minimum atomic E-state index is 0.408. The fourth-order valence-electron chi connectivity index (χ4n) is 2.25. The van der Waals surface area contributed by atoms with Crippen molar-refractivity contribution < 1.29 is 4.74 Å². The molecule has 0 spiro atoms. The molecule has 1 aliphatic rings. The van der Waals surface area contributed by atoms with Crippen molar-refractivity contribution in [1.82, 2.24) is 9.97 Å². The van der Waals surface area contributed by atoms with Crippen LogP contribution in [0.5, 0.6) is 0 Å². The highest BCUT2D eigenvalue weighted by Crippen LogP contribution is 2.51. The second kappa shape index (κ2) is 5.74. The quantitative estimate of drug-likeness (QED) is 0.791. The molecule has 1 heterocycles. The van der Waals surface area contributed by atoms with Gasteiger partial charge in [0.15, 0.2) is 5.82 Å². The Bertz CT molecular complexity index is 429. The number of aromatic nitrogens is 2. The maximum atomic E-state index is 5.80. The molecule has 1 saturated carbocycles. The van der Waals surface area contributed by atoms with Gasteiger partial charge in [-0.1, -0.05) is 13.8 Å². The first kappa shape index (κ1) is 14.1. The third-order valence-corrected chi connectivity index (χ3v) is 3.97. The van der Waals surface area contributed by atoms with Gasteiger partial charge in [-0.25, -0.2) is 9.97 Å². The summed E-state index contributed by atoms with van der Waals surface area (Å²) in [4.78, 5) is 8.60.